The normalized spacial score (nSPS) is 10.6. The molecule has 0 fully saturated rings. The van der Waals surface area contributed by atoms with Crippen LogP contribution in [0.15, 0.2) is 24.3 Å². The van der Waals surface area contributed by atoms with Gasteiger partial charge in [0, 0.05) is 18.0 Å². The molecule has 1 aromatic heterocycles. The highest BCUT2D eigenvalue weighted by atomic mass is 32.1. The van der Waals surface area contributed by atoms with Gasteiger partial charge in [-0.2, -0.15) is 0 Å². The van der Waals surface area contributed by atoms with E-state index in [0.29, 0.717) is 17.0 Å². The van der Waals surface area contributed by atoms with E-state index in [2.05, 4.69) is 5.32 Å². The molecule has 0 aliphatic rings. The van der Waals surface area contributed by atoms with Gasteiger partial charge in [-0.05, 0) is 49.6 Å². The summed E-state index contributed by atoms with van der Waals surface area (Å²) in [5.74, 6) is -0.765. The van der Waals surface area contributed by atoms with Crippen LogP contribution in [-0.2, 0) is 17.8 Å². The Kier molecular flexibility index (Phi) is 7.36. The molecule has 0 radical (unpaired) electrons. The molecule has 1 N–H and O–H groups in total. The third-order valence-electron chi connectivity index (χ3n) is 4.29. The predicted octanol–water partition coefficient (Wildman–Crippen LogP) is 3.55. The zero-order chi connectivity index (χ0) is 20.0. The van der Waals surface area contributed by atoms with Gasteiger partial charge in [-0.15, -0.1) is 11.3 Å². The molecule has 0 bridgehead atoms. The van der Waals surface area contributed by atoms with Gasteiger partial charge in [0.05, 0.1) is 18.5 Å². The SMILES string of the molecule is CCc1sc(C(=O)NCC(=O)N(CC)Cc2ccc(OC)c(F)c2)cc1C. The van der Waals surface area contributed by atoms with Crippen molar-refractivity contribution in [3.8, 4) is 5.75 Å². The third kappa shape index (κ3) is 5.29. The lowest BCUT2D eigenvalue weighted by Crippen LogP contribution is -2.39. The molecule has 1 heterocycles. The van der Waals surface area contributed by atoms with E-state index in [1.54, 1.807) is 11.0 Å². The largest absolute Gasteiger partial charge is 0.494 e. The highest BCUT2D eigenvalue weighted by Crippen LogP contribution is 2.22. The summed E-state index contributed by atoms with van der Waals surface area (Å²) < 4.78 is 18.7. The van der Waals surface area contributed by atoms with E-state index < -0.39 is 5.82 Å². The van der Waals surface area contributed by atoms with E-state index in [1.807, 2.05) is 26.8 Å². The average Bonchev–Trinajstić information content (AvgIpc) is 3.04. The van der Waals surface area contributed by atoms with Gasteiger partial charge in [-0.1, -0.05) is 13.0 Å². The standard InChI is InChI=1S/C20H25FN2O3S/c1-5-17-13(3)9-18(27-17)20(25)22-11-19(24)23(6-2)12-14-7-8-16(26-4)15(21)10-14/h7-10H,5-6,11-12H2,1-4H3,(H,22,25). The van der Waals surface area contributed by atoms with Crippen LogP contribution < -0.4 is 10.1 Å². The van der Waals surface area contributed by atoms with Crippen LogP contribution >= 0.6 is 11.3 Å². The maximum Gasteiger partial charge on any atom is 0.261 e. The van der Waals surface area contributed by atoms with Gasteiger partial charge in [-0.25, -0.2) is 4.39 Å². The molecule has 1 aromatic carbocycles. The number of methoxy groups -OCH3 is 1. The number of carbonyl (C=O) groups excluding carboxylic acids is 2. The number of hydrogen-bond acceptors (Lipinski definition) is 4. The summed E-state index contributed by atoms with van der Waals surface area (Å²) in [6.07, 6.45) is 0.880. The first-order chi connectivity index (χ1) is 12.9. The van der Waals surface area contributed by atoms with Crippen LogP contribution in [0.4, 0.5) is 4.39 Å². The van der Waals surface area contributed by atoms with E-state index in [9.17, 15) is 14.0 Å². The van der Waals surface area contributed by atoms with Gasteiger partial charge in [0.15, 0.2) is 11.6 Å². The maximum atomic E-state index is 13.8. The zero-order valence-electron chi connectivity index (χ0n) is 16.1. The molecule has 0 spiro atoms. The van der Waals surface area contributed by atoms with Crippen molar-refractivity contribution >= 4 is 23.2 Å². The summed E-state index contributed by atoms with van der Waals surface area (Å²) in [6.45, 7) is 6.50. The van der Waals surface area contributed by atoms with Crippen LogP contribution in [0.25, 0.3) is 0 Å². The zero-order valence-corrected chi connectivity index (χ0v) is 16.9. The number of halogens is 1. The van der Waals surface area contributed by atoms with E-state index in [-0.39, 0.29) is 30.7 Å². The minimum absolute atomic E-state index is 0.0935. The van der Waals surface area contributed by atoms with Crippen LogP contribution in [0, 0.1) is 12.7 Å². The molecule has 0 saturated carbocycles. The van der Waals surface area contributed by atoms with Crippen molar-refractivity contribution in [2.24, 2.45) is 0 Å². The Balaban J connectivity index is 1.96. The highest BCUT2D eigenvalue weighted by molar-refractivity contribution is 7.14. The van der Waals surface area contributed by atoms with Gasteiger partial charge >= 0.3 is 0 Å². The van der Waals surface area contributed by atoms with Crippen LogP contribution in [0.1, 0.15) is 39.5 Å². The Morgan fingerprint density at radius 3 is 2.56 bits per heavy atom. The summed E-state index contributed by atoms with van der Waals surface area (Å²) >= 11 is 1.45. The smallest absolute Gasteiger partial charge is 0.261 e. The predicted molar refractivity (Wildman–Crippen MR) is 105 cm³/mol. The summed E-state index contributed by atoms with van der Waals surface area (Å²) in [7, 11) is 1.40. The molecular weight excluding hydrogens is 367 g/mol. The number of rotatable bonds is 8. The van der Waals surface area contributed by atoms with Gasteiger partial charge in [0.2, 0.25) is 5.91 Å². The Morgan fingerprint density at radius 1 is 1.26 bits per heavy atom. The van der Waals surface area contributed by atoms with Crippen LogP contribution in [0.5, 0.6) is 5.75 Å². The number of likely N-dealkylation sites (N-methyl/N-ethyl adjacent to an activating group) is 1. The van der Waals surface area contributed by atoms with Gasteiger partial charge in [0.25, 0.3) is 5.91 Å². The van der Waals surface area contributed by atoms with Crippen molar-refractivity contribution in [1.29, 1.82) is 0 Å². The van der Waals surface area contributed by atoms with Gasteiger partial charge in [-0.3, -0.25) is 9.59 Å². The van der Waals surface area contributed by atoms with Crippen molar-refractivity contribution in [2.75, 3.05) is 20.2 Å². The summed E-state index contributed by atoms with van der Waals surface area (Å²) in [5, 5.41) is 2.68. The van der Waals surface area contributed by atoms with E-state index in [0.717, 1.165) is 12.0 Å². The van der Waals surface area contributed by atoms with E-state index >= 15 is 0 Å². The molecule has 0 unspecified atom stereocenters. The minimum atomic E-state index is -0.466. The lowest BCUT2D eigenvalue weighted by atomic mass is 10.2. The minimum Gasteiger partial charge on any atom is -0.494 e. The van der Waals surface area contributed by atoms with Crippen LogP contribution in [0.2, 0.25) is 0 Å². The molecule has 0 aliphatic carbocycles. The molecule has 7 heteroatoms. The molecule has 2 rings (SSSR count). The number of ether oxygens (including phenoxy) is 1. The molecular formula is C20H25FN2O3S. The van der Waals surface area contributed by atoms with Crippen molar-refractivity contribution in [3.05, 3.63) is 51.0 Å². The maximum absolute atomic E-state index is 13.8. The Bertz CT molecular complexity index is 820. The van der Waals surface area contributed by atoms with Crippen LogP contribution in [-0.4, -0.2) is 36.9 Å². The van der Waals surface area contributed by atoms with Gasteiger partial charge < -0.3 is 15.0 Å². The number of aryl methyl sites for hydroxylation is 2. The molecule has 0 saturated heterocycles. The summed E-state index contributed by atoms with van der Waals surface area (Å²) in [6, 6.07) is 6.46. The number of carbonyl (C=O) groups is 2. The second kappa shape index (κ2) is 9.50. The van der Waals surface area contributed by atoms with E-state index in [4.69, 9.17) is 4.74 Å². The number of amides is 2. The fourth-order valence-corrected chi connectivity index (χ4v) is 3.77. The highest BCUT2D eigenvalue weighted by Gasteiger charge is 2.17. The number of hydrogen-bond donors (Lipinski definition) is 1. The first-order valence-electron chi connectivity index (χ1n) is 8.87. The molecule has 27 heavy (non-hydrogen) atoms. The van der Waals surface area contributed by atoms with Crippen molar-refractivity contribution in [2.45, 2.75) is 33.7 Å². The van der Waals surface area contributed by atoms with Crippen molar-refractivity contribution in [3.63, 3.8) is 0 Å². The van der Waals surface area contributed by atoms with Crippen molar-refractivity contribution < 1.29 is 18.7 Å². The fourth-order valence-electron chi connectivity index (χ4n) is 2.74. The number of nitrogens with one attached hydrogen (secondary N) is 1. The molecule has 2 amide bonds. The Morgan fingerprint density at radius 2 is 2.00 bits per heavy atom. The van der Waals surface area contributed by atoms with Gasteiger partial charge in [0.1, 0.15) is 0 Å². The molecule has 5 nitrogen and oxygen atoms in total. The Hall–Kier alpha value is -2.41. The lowest BCUT2D eigenvalue weighted by molar-refractivity contribution is -0.130. The molecule has 0 atom stereocenters. The number of benzene rings is 1. The molecule has 2 aromatic rings. The first-order valence-corrected chi connectivity index (χ1v) is 9.68. The number of thiophene rings is 1. The molecule has 0 aliphatic heterocycles. The third-order valence-corrected chi connectivity index (χ3v) is 5.67. The Labute approximate surface area is 163 Å². The second-order valence-electron chi connectivity index (χ2n) is 6.13. The van der Waals surface area contributed by atoms with Crippen LogP contribution in [0.3, 0.4) is 0 Å². The fraction of sp³-hybridized carbons (Fsp3) is 0.400. The lowest BCUT2D eigenvalue weighted by Gasteiger charge is -2.21. The second-order valence-corrected chi connectivity index (χ2v) is 7.27. The number of nitrogens with zero attached hydrogens (tertiary/aromatic N) is 1. The summed E-state index contributed by atoms with van der Waals surface area (Å²) in [5.41, 5.74) is 1.76. The topological polar surface area (TPSA) is 58.6 Å². The van der Waals surface area contributed by atoms with E-state index in [1.165, 1.54) is 35.5 Å². The summed E-state index contributed by atoms with van der Waals surface area (Å²) in [4.78, 5) is 28.1. The monoisotopic (exact) mass is 392 g/mol. The molecule has 146 valence electrons. The average molecular weight is 392 g/mol. The van der Waals surface area contributed by atoms with Crippen molar-refractivity contribution in [1.82, 2.24) is 10.2 Å². The first kappa shape index (κ1) is 20.9. The quantitative estimate of drug-likeness (QED) is 0.747.